The standard InChI is InChI=1S/C4H10O3.3C4H6O2/c5-3-1-2-4(6)7;3*1-3(2)4(5)6/h4-7H,1-3H2;3*1H2,2H3,(H,5,6). The highest BCUT2D eigenvalue weighted by atomic mass is 16.5. The number of aliphatic carboxylic acids is 3. The molecule has 0 heterocycles. The van der Waals surface area contributed by atoms with Crippen molar-refractivity contribution in [3.63, 3.8) is 0 Å². The summed E-state index contributed by atoms with van der Waals surface area (Å²) in [6.07, 6.45) is -0.541. The Morgan fingerprint density at radius 2 is 0.960 bits per heavy atom. The zero-order valence-electron chi connectivity index (χ0n) is 14.7. The number of hydrogen-bond donors (Lipinski definition) is 6. The third-order valence-electron chi connectivity index (χ3n) is 1.72. The van der Waals surface area contributed by atoms with Crippen LogP contribution in [0.4, 0.5) is 0 Å². The molecule has 0 saturated heterocycles. The molecule has 0 aromatic rings. The number of carboxylic acid groups (broad SMARTS) is 3. The Bertz CT molecular complexity index is 357. The molecule has 0 aliphatic carbocycles. The molecule has 0 atom stereocenters. The lowest BCUT2D eigenvalue weighted by molar-refractivity contribution is -0.133. The molecule has 9 heteroatoms. The van der Waals surface area contributed by atoms with E-state index in [4.69, 9.17) is 30.6 Å². The summed E-state index contributed by atoms with van der Waals surface area (Å²) in [5.41, 5.74) is 0.528. The molecule has 0 spiro atoms. The molecule has 6 N–H and O–H groups in total. The van der Waals surface area contributed by atoms with Gasteiger partial charge in [0.25, 0.3) is 0 Å². The Kier molecular flexibility index (Phi) is 23.8. The molecule has 0 bridgehead atoms. The Hall–Kier alpha value is -2.49. The second-order valence-corrected chi connectivity index (χ2v) is 4.60. The third kappa shape index (κ3) is 44.9. The van der Waals surface area contributed by atoms with Gasteiger partial charge in [0.1, 0.15) is 0 Å². The molecule has 0 radical (unpaired) electrons. The number of aliphatic hydroxyl groups is 3. The van der Waals surface area contributed by atoms with Gasteiger partial charge < -0.3 is 30.6 Å². The third-order valence-corrected chi connectivity index (χ3v) is 1.72. The van der Waals surface area contributed by atoms with Crippen molar-refractivity contribution in [1.82, 2.24) is 0 Å². The minimum Gasteiger partial charge on any atom is -0.478 e. The fourth-order valence-corrected chi connectivity index (χ4v) is 0.274. The molecule has 146 valence electrons. The van der Waals surface area contributed by atoms with Gasteiger partial charge in [0.05, 0.1) is 0 Å². The number of hydrogen-bond acceptors (Lipinski definition) is 6. The first-order valence-electron chi connectivity index (χ1n) is 6.83. The zero-order chi connectivity index (χ0) is 21.2. The maximum atomic E-state index is 9.60. The minimum atomic E-state index is -1.26. The molecule has 25 heavy (non-hydrogen) atoms. The first-order chi connectivity index (χ1) is 11.2. The molecular weight excluding hydrogens is 336 g/mol. The summed E-state index contributed by atoms with van der Waals surface area (Å²) in [6, 6.07) is 0. The summed E-state index contributed by atoms with van der Waals surface area (Å²) in [6.45, 7) is 13.8. The molecule has 0 amide bonds. The molecule has 0 aliphatic heterocycles. The van der Waals surface area contributed by atoms with E-state index in [-0.39, 0.29) is 29.7 Å². The molecule has 0 fully saturated rings. The van der Waals surface area contributed by atoms with Gasteiger partial charge in [0.2, 0.25) is 0 Å². The second kappa shape index (κ2) is 19.6. The van der Waals surface area contributed by atoms with Crippen LogP contribution in [-0.2, 0) is 14.4 Å². The van der Waals surface area contributed by atoms with Crippen molar-refractivity contribution in [1.29, 1.82) is 0 Å². The van der Waals surface area contributed by atoms with Crippen LogP contribution in [0.15, 0.2) is 36.5 Å². The average molecular weight is 364 g/mol. The van der Waals surface area contributed by atoms with E-state index in [2.05, 4.69) is 19.7 Å². The highest BCUT2D eigenvalue weighted by Gasteiger charge is 1.93. The van der Waals surface area contributed by atoms with Crippen LogP contribution in [0.2, 0.25) is 0 Å². The largest absolute Gasteiger partial charge is 0.478 e. The maximum Gasteiger partial charge on any atom is 0.330 e. The van der Waals surface area contributed by atoms with Crippen LogP contribution in [0.1, 0.15) is 33.6 Å². The van der Waals surface area contributed by atoms with E-state index >= 15 is 0 Å². The highest BCUT2D eigenvalue weighted by Crippen LogP contribution is 1.89. The van der Waals surface area contributed by atoms with Crippen LogP contribution in [0, 0.1) is 0 Å². The Morgan fingerprint density at radius 1 is 0.760 bits per heavy atom. The first kappa shape index (κ1) is 30.4. The van der Waals surface area contributed by atoms with E-state index in [0.29, 0.717) is 6.42 Å². The molecule has 0 aromatic carbocycles. The predicted molar refractivity (Wildman–Crippen MR) is 91.9 cm³/mol. The van der Waals surface area contributed by atoms with Crippen LogP contribution in [0.5, 0.6) is 0 Å². The molecule has 0 rings (SSSR count). The normalized spacial score (nSPS) is 8.28. The lowest BCUT2D eigenvalue weighted by Gasteiger charge is -1.97. The molecule has 0 aliphatic rings. The SMILES string of the molecule is C=C(C)C(=O)O.C=C(C)C(=O)O.C=C(C)C(=O)O.OCCCC(O)O. The number of carbonyl (C=O) groups is 3. The van der Waals surface area contributed by atoms with Gasteiger partial charge in [-0.1, -0.05) is 19.7 Å². The van der Waals surface area contributed by atoms with Crippen molar-refractivity contribution in [2.75, 3.05) is 6.61 Å². The van der Waals surface area contributed by atoms with Gasteiger partial charge in [-0.05, 0) is 27.2 Å². The zero-order valence-corrected chi connectivity index (χ0v) is 14.7. The van der Waals surface area contributed by atoms with Crippen LogP contribution >= 0.6 is 0 Å². The number of carboxylic acids is 3. The van der Waals surface area contributed by atoms with Crippen molar-refractivity contribution in [3.8, 4) is 0 Å². The van der Waals surface area contributed by atoms with Gasteiger partial charge in [-0.25, -0.2) is 14.4 Å². The van der Waals surface area contributed by atoms with Crippen molar-refractivity contribution >= 4 is 17.9 Å². The van der Waals surface area contributed by atoms with Crippen LogP contribution < -0.4 is 0 Å². The van der Waals surface area contributed by atoms with Crippen molar-refractivity contribution < 1.29 is 45.0 Å². The topological polar surface area (TPSA) is 173 Å². The molecule has 0 saturated carbocycles. The van der Waals surface area contributed by atoms with Gasteiger partial charge in [-0.2, -0.15) is 0 Å². The van der Waals surface area contributed by atoms with Gasteiger partial charge in [0, 0.05) is 29.7 Å². The van der Waals surface area contributed by atoms with Crippen molar-refractivity contribution in [2.45, 2.75) is 39.9 Å². The summed E-state index contributed by atoms with van der Waals surface area (Å²) in [5, 5.41) is 48.0. The Morgan fingerprint density at radius 3 is 1.00 bits per heavy atom. The summed E-state index contributed by atoms with van der Waals surface area (Å²) in [5.74, 6) is -2.81. The fourth-order valence-electron chi connectivity index (χ4n) is 0.274. The van der Waals surface area contributed by atoms with Gasteiger partial charge in [-0.15, -0.1) is 0 Å². The van der Waals surface area contributed by atoms with Crippen LogP contribution in [0.25, 0.3) is 0 Å². The lowest BCUT2D eigenvalue weighted by Crippen LogP contribution is -2.03. The minimum absolute atomic E-state index is 0.0254. The highest BCUT2D eigenvalue weighted by molar-refractivity contribution is 5.85. The Balaban J connectivity index is -0.000000118. The summed E-state index contributed by atoms with van der Waals surface area (Å²) < 4.78 is 0. The Labute approximate surface area is 146 Å². The molecular formula is C16H28O9. The molecule has 0 aromatic heterocycles. The van der Waals surface area contributed by atoms with Crippen LogP contribution in [-0.4, -0.2) is 61.4 Å². The van der Waals surface area contributed by atoms with E-state index in [0.717, 1.165) is 0 Å². The van der Waals surface area contributed by atoms with Gasteiger partial charge in [0.15, 0.2) is 6.29 Å². The van der Waals surface area contributed by atoms with Gasteiger partial charge in [-0.3, -0.25) is 0 Å². The quantitative estimate of drug-likeness (QED) is 0.297. The van der Waals surface area contributed by atoms with E-state index < -0.39 is 24.2 Å². The fraction of sp³-hybridized carbons (Fsp3) is 0.438. The number of aliphatic hydroxyl groups excluding tert-OH is 2. The number of rotatable bonds is 6. The van der Waals surface area contributed by atoms with Crippen molar-refractivity contribution in [3.05, 3.63) is 36.5 Å². The van der Waals surface area contributed by atoms with E-state index in [1.165, 1.54) is 20.8 Å². The smallest absolute Gasteiger partial charge is 0.330 e. The lowest BCUT2D eigenvalue weighted by atomic mass is 10.3. The van der Waals surface area contributed by atoms with Crippen LogP contribution in [0.3, 0.4) is 0 Å². The van der Waals surface area contributed by atoms with E-state index in [1.54, 1.807) is 0 Å². The van der Waals surface area contributed by atoms with E-state index in [1.807, 2.05) is 0 Å². The van der Waals surface area contributed by atoms with E-state index in [9.17, 15) is 14.4 Å². The monoisotopic (exact) mass is 364 g/mol. The van der Waals surface area contributed by atoms with Gasteiger partial charge >= 0.3 is 17.9 Å². The van der Waals surface area contributed by atoms with Crippen molar-refractivity contribution in [2.24, 2.45) is 0 Å². The molecule has 0 unspecified atom stereocenters. The summed E-state index contributed by atoms with van der Waals surface area (Å²) >= 11 is 0. The summed E-state index contributed by atoms with van der Waals surface area (Å²) in [7, 11) is 0. The second-order valence-electron chi connectivity index (χ2n) is 4.60. The first-order valence-corrected chi connectivity index (χ1v) is 6.83. The average Bonchev–Trinajstić information content (AvgIpc) is 2.46. The predicted octanol–water partition coefficient (Wildman–Crippen LogP) is 1.01. The molecule has 9 nitrogen and oxygen atoms in total. The maximum absolute atomic E-state index is 9.60. The summed E-state index contributed by atoms with van der Waals surface area (Å²) in [4.78, 5) is 28.8.